The quantitative estimate of drug-likeness (QED) is 0.361. The highest BCUT2D eigenvalue weighted by Crippen LogP contribution is 1.85. The fraction of sp³-hybridized carbons (Fsp3) is 0.500. The van der Waals surface area contributed by atoms with Crippen molar-refractivity contribution in [3.8, 4) is 0 Å². The van der Waals surface area contributed by atoms with Gasteiger partial charge in [0.05, 0.1) is 0 Å². The lowest BCUT2D eigenvalue weighted by Gasteiger charge is -1.56. The fourth-order valence-corrected chi connectivity index (χ4v) is 0. The van der Waals surface area contributed by atoms with Crippen molar-refractivity contribution >= 4 is 23.3 Å². The Morgan fingerprint density at radius 3 is 2.20 bits per heavy atom. The van der Waals surface area contributed by atoms with Gasteiger partial charge in [-0.1, -0.05) is 0 Å². The summed E-state index contributed by atoms with van der Waals surface area (Å²) in [5.74, 6) is 0. The number of hydrogen-bond donors (Lipinski definition) is 0. The van der Waals surface area contributed by atoms with Crippen LogP contribution >= 0.6 is 11.6 Å². The monoisotopic (exact) mass is 110 g/mol. The third kappa shape index (κ3) is 4.31. The van der Waals surface area contributed by atoms with Gasteiger partial charge in [0, 0.05) is 11.1 Å². The van der Waals surface area contributed by atoms with Crippen LogP contribution in [-0.4, -0.2) is 4.71 Å². The molecular weight excluding hydrogens is 108 g/mol. The van der Waals surface area contributed by atoms with Crippen molar-refractivity contribution in [1.82, 2.24) is 0 Å². The van der Waals surface area contributed by atoms with Crippen molar-refractivity contribution in [3.05, 3.63) is 6.92 Å². The first kappa shape index (κ1) is 5.31. The van der Waals surface area contributed by atoms with Crippen LogP contribution in [0.25, 0.3) is 0 Å². The van der Waals surface area contributed by atoms with Crippen LogP contribution in [0.2, 0.25) is 0 Å². The highest BCUT2D eigenvalue weighted by molar-refractivity contribution is 7.68. The molecule has 1 unspecified atom stereocenters. The SMILES string of the molecule is [CH2]C(Cl)[S+]=O. The largest absolute Gasteiger partial charge is 0.479 e. The molecule has 0 bridgehead atoms. The third-order valence-electron chi connectivity index (χ3n) is 0.104. The van der Waals surface area contributed by atoms with E-state index in [4.69, 9.17) is 11.6 Å². The van der Waals surface area contributed by atoms with Gasteiger partial charge in [0.2, 0.25) is 0 Å². The summed E-state index contributed by atoms with van der Waals surface area (Å²) in [6.07, 6.45) is 0. The molecule has 0 N–H and O–H groups in total. The first-order valence-corrected chi connectivity index (χ1v) is 2.27. The zero-order valence-corrected chi connectivity index (χ0v) is 4.05. The Morgan fingerprint density at radius 2 is 2.20 bits per heavy atom. The van der Waals surface area contributed by atoms with Crippen molar-refractivity contribution in [3.63, 3.8) is 0 Å². The Balaban J connectivity index is 2.83. The van der Waals surface area contributed by atoms with Crippen molar-refractivity contribution < 1.29 is 4.21 Å². The molecule has 0 aliphatic heterocycles. The van der Waals surface area contributed by atoms with Gasteiger partial charge in [-0.3, -0.25) is 0 Å². The van der Waals surface area contributed by atoms with Crippen molar-refractivity contribution in [2.24, 2.45) is 0 Å². The average molecular weight is 111 g/mol. The van der Waals surface area contributed by atoms with Crippen molar-refractivity contribution in [2.45, 2.75) is 4.71 Å². The van der Waals surface area contributed by atoms with Gasteiger partial charge >= 0.3 is 16.4 Å². The van der Waals surface area contributed by atoms with E-state index >= 15 is 0 Å². The van der Waals surface area contributed by atoms with E-state index in [1.807, 2.05) is 0 Å². The Bertz CT molecular complexity index is 36.6. The molecule has 3 heteroatoms. The molecular formula is C2H3ClOS+. The van der Waals surface area contributed by atoms with E-state index in [-0.39, 0.29) is 11.7 Å². The van der Waals surface area contributed by atoms with Crippen molar-refractivity contribution in [1.29, 1.82) is 0 Å². The Kier molecular flexibility index (Phi) is 2.70. The molecule has 0 aliphatic rings. The normalized spacial score (nSPS) is 14.0. The summed E-state index contributed by atoms with van der Waals surface area (Å²) in [6.45, 7) is 3.17. The van der Waals surface area contributed by atoms with Crippen LogP contribution in [-0.2, 0) is 15.9 Å². The van der Waals surface area contributed by atoms with Crippen LogP contribution in [0.5, 0.6) is 0 Å². The molecule has 1 radical (unpaired) electrons. The zero-order valence-electron chi connectivity index (χ0n) is 2.48. The molecule has 5 heavy (non-hydrogen) atoms. The maximum atomic E-state index is 9.35. The zero-order chi connectivity index (χ0) is 4.28. The molecule has 1 nitrogen and oxygen atoms in total. The predicted octanol–water partition coefficient (Wildman–Crippen LogP) is 0.813. The summed E-state index contributed by atoms with van der Waals surface area (Å²) >= 11 is 5.29. The molecule has 0 heterocycles. The van der Waals surface area contributed by atoms with E-state index in [2.05, 4.69) is 6.92 Å². The molecule has 0 aromatic rings. The van der Waals surface area contributed by atoms with Gasteiger partial charge in [-0.15, -0.1) is 0 Å². The summed E-state index contributed by atoms with van der Waals surface area (Å²) in [5, 5.41) is 0. The van der Waals surface area contributed by atoms with Crippen LogP contribution < -0.4 is 0 Å². The number of alkyl halides is 1. The van der Waals surface area contributed by atoms with Crippen molar-refractivity contribution in [2.75, 3.05) is 0 Å². The Labute approximate surface area is 39.8 Å². The third-order valence-corrected chi connectivity index (χ3v) is 0.531. The topological polar surface area (TPSA) is 17.1 Å². The lowest BCUT2D eigenvalue weighted by atomic mass is 11.0. The highest BCUT2D eigenvalue weighted by Gasteiger charge is 2.05. The van der Waals surface area contributed by atoms with E-state index in [0.717, 1.165) is 0 Å². The van der Waals surface area contributed by atoms with Gasteiger partial charge in [0.15, 0.2) is 0 Å². The molecule has 0 aromatic heterocycles. The summed E-state index contributed by atoms with van der Waals surface area (Å²) in [4.78, 5) is 0. The predicted molar refractivity (Wildman–Crippen MR) is 23.0 cm³/mol. The highest BCUT2D eigenvalue weighted by atomic mass is 35.5. The lowest BCUT2D eigenvalue weighted by molar-refractivity contribution is 0.605. The minimum atomic E-state index is -0.532. The standard InChI is InChI=1S/C2H3ClOS/c1-2(3)5-4/h2H,1H2/q+1. The summed E-state index contributed by atoms with van der Waals surface area (Å²) in [7, 11) is 0. The molecule has 0 saturated heterocycles. The number of rotatable bonds is 1. The first-order chi connectivity index (χ1) is 2.27. The van der Waals surface area contributed by atoms with E-state index in [1.54, 1.807) is 0 Å². The number of hydrogen-bond acceptors (Lipinski definition) is 1. The van der Waals surface area contributed by atoms with Gasteiger partial charge < -0.3 is 0 Å². The minimum Gasteiger partial charge on any atom is -0.0495 e. The second kappa shape index (κ2) is 2.54. The molecule has 0 spiro atoms. The molecule has 0 aromatic carbocycles. The molecule has 1 atom stereocenters. The smallest absolute Gasteiger partial charge is 0.0495 e. The summed E-state index contributed by atoms with van der Waals surface area (Å²) in [5.41, 5.74) is 0. The van der Waals surface area contributed by atoms with Crippen LogP contribution in [0, 0.1) is 6.92 Å². The molecule has 29 valence electrons. The minimum absolute atomic E-state index is 0.284. The van der Waals surface area contributed by atoms with E-state index in [9.17, 15) is 4.21 Å². The molecule has 0 fully saturated rings. The van der Waals surface area contributed by atoms with E-state index < -0.39 is 4.71 Å². The Morgan fingerprint density at radius 1 is 2.00 bits per heavy atom. The van der Waals surface area contributed by atoms with Crippen LogP contribution in [0.1, 0.15) is 0 Å². The molecule has 0 rings (SSSR count). The van der Waals surface area contributed by atoms with Crippen LogP contribution in [0.3, 0.4) is 0 Å². The number of halogens is 1. The first-order valence-electron chi connectivity index (χ1n) is 1.03. The maximum absolute atomic E-state index is 9.35. The van der Waals surface area contributed by atoms with Crippen LogP contribution in [0.15, 0.2) is 0 Å². The van der Waals surface area contributed by atoms with Gasteiger partial charge in [0.25, 0.3) is 0 Å². The second-order valence-corrected chi connectivity index (χ2v) is 2.05. The van der Waals surface area contributed by atoms with E-state index in [0.29, 0.717) is 0 Å². The molecule has 0 saturated carbocycles. The maximum Gasteiger partial charge on any atom is 0.479 e. The van der Waals surface area contributed by atoms with Crippen LogP contribution in [0.4, 0.5) is 0 Å². The van der Waals surface area contributed by atoms with Gasteiger partial charge in [-0.2, -0.15) is 0 Å². The Hall–Kier alpha value is 0.310. The molecule has 0 amide bonds. The summed E-state index contributed by atoms with van der Waals surface area (Å²) < 4.78 is 8.82. The lowest BCUT2D eigenvalue weighted by Crippen LogP contribution is -1.80. The average Bonchev–Trinajstić information content (AvgIpc) is 1.38. The van der Waals surface area contributed by atoms with E-state index in [1.165, 1.54) is 0 Å². The van der Waals surface area contributed by atoms with Gasteiger partial charge in [0.1, 0.15) is 0 Å². The summed E-state index contributed by atoms with van der Waals surface area (Å²) in [6, 6.07) is 0. The molecule has 0 aliphatic carbocycles. The fourth-order valence-electron chi connectivity index (χ4n) is 0. The van der Waals surface area contributed by atoms with Gasteiger partial charge in [-0.25, -0.2) is 0 Å². The second-order valence-electron chi connectivity index (χ2n) is 0.506. The van der Waals surface area contributed by atoms with Gasteiger partial charge in [-0.05, 0) is 11.6 Å².